The number of aromatic nitrogens is 2. The summed E-state index contributed by atoms with van der Waals surface area (Å²) in [6.45, 7) is 7.50. The lowest BCUT2D eigenvalue weighted by Gasteiger charge is -2.54. The molecule has 26 heavy (non-hydrogen) atoms. The normalized spacial score (nSPS) is 34.9. The monoisotopic (exact) mass is 356 g/mol. The summed E-state index contributed by atoms with van der Waals surface area (Å²) in [5, 5.41) is 9.16. The van der Waals surface area contributed by atoms with Crippen molar-refractivity contribution in [1.82, 2.24) is 9.97 Å². The molecule has 0 radical (unpaired) electrons. The number of aliphatic carboxylic acids is 1. The minimum absolute atomic E-state index is 0.332. The highest BCUT2D eigenvalue weighted by molar-refractivity contribution is 5.67. The van der Waals surface area contributed by atoms with Crippen molar-refractivity contribution < 1.29 is 9.90 Å². The van der Waals surface area contributed by atoms with Gasteiger partial charge in [0.1, 0.15) is 5.82 Å². The van der Waals surface area contributed by atoms with Crippen LogP contribution in [0.3, 0.4) is 0 Å². The summed E-state index contributed by atoms with van der Waals surface area (Å²) in [5.74, 6) is 3.32. The van der Waals surface area contributed by atoms with Gasteiger partial charge in [-0.3, -0.25) is 4.79 Å². The Morgan fingerprint density at radius 3 is 2.58 bits per heavy atom. The molecule has 0 amide bonds. The van der Waals surface area contributed by atoms with E-state index in [4.69, 9.17) is 15.1 Å². The van der Waals surface area contributed by atoms with E-state index in [1.54, 1.807) is 0 Å². The van der Waals surface area contributed by atoms with Crippen LogP contribution in [0.25, 0.3) is 0 Å². The Kier molecular flexibility index (Phi) is 3.66. The maximum Gasteiger partial charge on any atom is 0.303 e. The van der Waals surface area contributed by atoms with E-state index in [0.717, 1.165) is 37.8 Å². The summed E-state index contributed by atoms with van der Waals surface area (Å²) in [4.78, 5) is 25.9. The first-order valence-corrected chi connectivity index (χ1v) is 10.2. The summed E-state index contributed by atoms with van der Waals surface area (Å²) in [6, 6.07) is 0.535. The number of hydrogen-bond acceptors (Lipinski definition) is 5. The largest absolute Gasteiger partial charge is 0.481 e. The molecule has 4 heterocycles. The lowest BCUT2D eigenvalue weighted by atomic mass is 9.60. The zero-order chi connectivity index (χ0) is 18.0. The van der Waals surface area contributed by atoms with Crippen LogP contribution in [0.5, 0.6) is 0 Å². The first-order chi connectivity index (χ1) is 12.5. The molecule has 3 aliphatic heterocycles. The molecule has 1 aromatic rings. The van der Waals surface area contributed by atoms with Crippen LogP contribution >= 0.6 is 0 Å². The fourth-order valence-corrected chi connectivity index (χ4v) is 5.52. The van der Waals surface area contributed by atoms with E-state index in [0.29, 0.717) is 36.1 Å². The average Bonchev–Trinajstić information content (AvgIpc) is 2.99. The van der Waals surface area contributed by atoms with Gasteiger partial charge in [-0.05, 0) is 56.3 Å². The van der Waals surface area contributed by atoms with Gasteiger partial charge < -0.3 is 14.9 Å². The molecule has 2 aliphatic carbocycles. The van der Waals surface area contributed by atoms with E-state index in [2.05, 4.69) is 23.6 Å². The van der Waals surface area contributed by atoms with Gasteiger partial charge in [0.15, 0.2) is 0 Å². The molecule has 1 N–H and O–H groups in total. The molecule has 5 atom stereocenters. The van der Waals surface area contributed by atoms with Crippen molar-refractivity contribution in [1.29, 1.82) is 0 Å². The van der Waals surface area contributed by atoms with E-state index < -0.39 is 5.97 Å². The van der Waals surface area contributed by atoms with Gasteiger partial charge in [-0.25, -0.2) is 4.98 Å². The summed E-state index contributed by atoms with van der Waals surface area (Å²) < 4.78 is 0. The predicted octanol–water partition coefficient (Wildman–Crippen LogP) is 2.67. The van der Waals surface area contributed by atoms with Crippen LogP contribution in [0.4, 0.5) is 11.8 Å². The third-order valence-corrected chi connectivity index (χ3v) is 7.31. The Hall–Kier alpha value is -1.85. The molecule has 6 rings (SSSR count). The van der Waals surface area contributed by atoms with Gasteiger partial charge in [0.05, 0.1) is 5.69 Å². The number of carboxylic acid groups (broad SMARTS) is 1. The Labute approximate surface area is 154 Å². The van der Waals surface area contributed by atoms with Crippen molar-refractivity contribution in [3.63, 3.8) is 0 Å². The molecule has 2 bridgehead atoms. The van der Waals surface area contributed by atoms with Gasteiger partial charge in [-0.1, -0.05) is 6.92 Å². The number of carboxylic acids is 1. The second-order valence-corrected chi connectivity index (χ2v) is 8.90. The molecule has 3 saturated heterocycles. The molecule has 0 spiro atoms. The number of rotatable bonds is 4. The highest BCUT2D eigenvalue weighted by atomic mass is 16.4. The summed E-state index contributed by atoms with van der Waals surface area (Å²) in [6.07, 6.45) is 4.98. The Morgan fingerprint density at radius 1 is 1.19 bits per heavy atom. The highest BCUT2D eigenvalue weighted by Gasteiger charge is 2.48. The van der Waals surface area contributed by atoms with Gasteiger partial charge in [0.2, 0.25) is 5.95 Å². The van der Waals surface area contributed by atoms with Gasteiger partial charge in [-0.15, -0.1) is 0 Å². The number of piperidine rings is 2. The smallest absolute Gasteiger partial charge is 0.303 e. The topological polar surface area (TPSA) is 69.6 Å². The highest BCUT2D eigenvalue weighted by Crippen LogP contribution is 2.49. The van der Waals surface area contributed by atoms with E-state index in [-0.39, 0.29) is 0 Å². The van der Waals surface area contributed by atoms with Crippen molar-refractivity contribution in [2.45, 2.75) is 57.9 Å². The standard InChI is InChI=1S/C20H28N4O2/c1-11-3-4-15-18(11)21-20(24-6-5-12(24)2)22-19(15)23-9-13-7-14(10-23)16(13)8-17(25)26/h11-14,16H,3-10H2,1-2H3,(H,25,26)/t11-,12+,13-,14+,16?/m1/s1. The summed E-state index contributed by atoms with van der Waals surface area (Å²) >= 11 is 0. The SMILES string of the molecule is C[C@@H]1CCc2c1nc(N1CC[C@@H]1C)nc2N1C[C@H]2C[C@@H](C1)C2CC(=O)O. The van der Waals surface area contributed by atoms with E-state index in [1.165, 1.54) is 30.5 Å². The Morgan fingerprint density at radius 2 is 1.96 bits per heavy atom. The zero-order valence-electron chi connectivity index (χ0n) is 15.7. The fourth-order valence-electron chi connectivity index (χ4n) is 5.52. The molecule has 1 unspecified atom stereocenters. The summed E-state index contributed by atoms with van der Waals surface area (Å²) in [5.41, 5.74) is 2.61. The lowest BCUT2D eigenvalue weighted by Crippen LogP contribution is -2.56. The van der Waals surface area contributed by atoms with Crippen LogP contribution in [0, 0.1) is 17.8 Å². The number of carbonyl (C=O) groups is 1. The first kappa shape index (κ1) is 16.3. The third-order valence-electron chi connectivity index (χ3n) is 7.31. The van der Waals surface area contributed by atoms with Gasteiger partial charge >= 0.3 is 5.97 Å². The van der Waals surface area contributed by atoms with Crippen molar-refractivity contribution in [2.24, 2.45) is 17.8 Å². The summed E-state index contributed by atoms with van der Waals surface area (Å²) in [7, 11) is 0. The Balaban J connectivity index is 1.44. The number of nitrogens with zero attached hydrogens (tertiary/aromatic N) is 4. The van der Waals surface area contributed by atoms with Crippen LogP contribution < -0.4 is 9.80 Å². The van der Waals surface area contributed by atoms with E-state index in [1.807, 2.05) is 0 Å². The number of anilines is 2. The van der Waals surface area contributed by atoms with E-state index >= 15 is 0 Å². The molecule has 1 saturated carbocycles. The van der Waals surface area contributed by atoms with Gasteiger partial charge in [0.25, 0.3) is 0 Å². The molecule has 1 aromatic heterocycles. The maximum atomic E-state index is 11.1. The molecule has 6 nitrogen and oxygen atoms in total. The maximum absolute atomic E-state index is 11.1. The lowest BCUT2D eigenvalue weighted by molar-refractivity contribution is -0.141. The minimum Gasteiger partial charge on any atom is -0.481 e. The molecular weight excluding hydrogens is 328 g/mol. The van der Waals surface area contributed by atoms with Crippen LogP contribution in [0.2, 0.25) is 0 Å². The zero-order valence-corrected chi connectivity index (χ0v) is 15.7. The molecule has 140 valence electrons. The number of fused-ring (bicyclic) bond motifs is 3. The Bertz CT molecular complexity index is 740. The minimum atomic E-state index is -0.649. The fraction of sp³-hybridized carbons (Fsp3) is 0.750. The van der Waals surface area contributed by atoms with Gasteiger partial charge in [0, 0.05) is 37.7 Å². The van der Waals surface area contributed by atoms with Gasteiger partial charge in [-0.2, -0.15) is 4.98 Å². The number of hydrogen-bond donors (Lipinski definition) is 1. The predicted molar refractivity (Wildman–Crippen MR) is 99.7 cm³/mol. The van der Waals surface area contributed by atoms with Crippen molar-refractivity contribution in [3.05, 3.63) is 11.3 Å². The van der Waals surface area contributed by atoms with Crippen molar-refractivity contribution >= 4 is 17.7 Å². The quantitative estimate of drug-likeness (QED) is 0.894. The third kappa shape index (κ3) is 2.41. The molecular formula is C20H28N4O2. The molecule has 5 aliphatic rings. The van der Waals surface area contributed by atoms with Crippen molar-refractivity contribution in [3.8, 4) is 0 Å². The molecule has 4 fully saturated rings. The van der Waals surface area contributed by atoms with E-state index in [9.17, 15) is 4.79 Å². The van der Waals surface area contributed by atoms with Crippen LogP contribution in [-0.4, -0.2) is 46.7 Å². The molecule has 0 aromatic carbocycles. The molecule has 6 heteroatoms. The van der Waals surface area contributed by atoms with Crippen LogP contribution in [-0.2, 0) is 11.2 Å². The first-order valence-electron chi connectivity index (χ1n) is 10.2. The van der Waals surface area contributed by atoms with Crippen LogP contribution in [0.1, 0.15) is 56.7 Å². The second kappa shape index (κ2) is 5.83. The van der Waals surface area contributed by atoms with Crippen molar-refractivity contribution in [2.75, 3.05) is 29.4 Å². The van der Waals surface area contributed by atoms with Crippen LogP contribution in [0.15, 0.2) is 0 Å². The second-order valence-electron chi connectivity index (χ2n) is 8.90. The average molecular weight is 356 g/mol.